The van der Waals surface area contributed by atoms with Crippen molar-refractivity contribution >= 4 is 26.4 Å². The van der Waals surface area contributed by atoms with Gasteiger partial charge >= 0.3 is 86.5 Å². The Morgan fingerprint density at radius 2 is 1.86 bits per heavy atom. The molecule has 0 bridgehead atoms. The van der Waals surface area contributed by atoms with Crippen molar-refractivity contribution in [1.82, 2.24) is 0 Å². The van der Waals surface area contributed by atoms with Gasteiger partial charge in [0.1, 0.15) is 0 Å². The quantitative estimate of drug-likeness (QED) is 0.742. The molecule has 1 fully saturated rings. The summed E-state index contributed by atoms with van der Waals surface area (Å²) in [6, 6.07) is 0. The van der Waals surface area contributed by atoms with Gasteiger partial charge in [0.25, 0.3) is 0 Å². The molecule has 6 nitrogen and oxygen atoms in total. The summed E-state index contributed by atoms with van der Waals surface area (Å²) < 4.78 is 24.9. The second kappa shape index (κ2) is 3.96. The van der Waals surface area contributed by atoms with E-state index in [1.165, 1.54) is 0 Å². The van der Waals surface area contributed by atoms with Crippen LogP contribution in [0, 0.1) is 5.41 Å². The first-order chi connectivity index (χ1) is 6.12. The summed E-state index contributed by atoms with van der Waals surface area (Å²) in [6.45, 7) is 4.27. The van der Waals surface area contributed by atoms with Gasteiger partial charge in [-0.2, -0.15) is 0 Å². The van der Waals surface area contributed by atoms with Gasteiger partial charge in [-0.1, -0.05) is 0 Å². The fraction of sp³-hybridized carbons (Fsp3) is 1.00. The van der Waals surface area contributed by atoms with Gasteiger partial charge in [0, 0.05) is 0 Å². The van der Waals surface area contributed by atoms with Crippen molar-refractivity contribution in [3.63, 3.8) is 0 Å². The molecule has 1 heterocycles. The first-order valence-corrected chi connectivity index (χ1v) is 8.12. The minimum absolute atomic E-state index is 0.219. The van der Waals surface area contributed by atoms with Crippen molar-refractivity contribution in [2.45, 2.75) is 13.8 Å². The third kappa shape index (κ3) is 4.09. The van der Waals surface area contributed by atoms with Crippen LogP contribution >= 0.6 is 26.4 Å². The molecule has 0 amide bonds. The average molecular weight is 267 g/mol. The van der Waals surface area contributed by atoms with E-state index in [1.54, 1.807) is 0 Å². The number of halogens is 1. The van der Waals surface area contributed by atoms with Crippen LogP contribution in [0.5, 0.6) is 0 Å². The molecule has 9 heteroatoms. The van der Waals surface area contributed by atoms with E-state index in [0.717, 1.165) is 0 Å². The third-order valence-electron chi connectivity index (χ3n) is 1.50. The van der Waals surface area contributed by atoms with Crippen LogP contribution in [0.2, 0.25) is 0 Å². The summed E-state index contributed by atoms with van der Waals surface area (Å²) in [6.07, 6.45) is 0. The molecular weight excluding hydrogens is 253 g/mol. The predicted octanol–water partition coefficient (Wildman–Crippen LogP) is 1.82. The number of rotatable bonds is 2. The van der Waals surface area contributed by atoms with Crippen LogP contribution in [0.4, 0.5) is 0 Å². The second-order valence-corrected chi connectivity index (χ2v) is 8.45. The van der Waals surface area contributed by atoms with Crippen molar-refractivity contribution < 1.29 is 27.7 Å². The summed E-state index contributed by atoms with van der Waals surface area (Å²) >= 11 is 5.67. The third-order valence-corrected chi connectivity index (χ3v) is 5.58. The minimum atomic E-state index is -4.66. The topological polar surface area (TPSA) is 85.2 Å². The van der Waals surface area contributed by atoms with Gasteiger partial charge in [0.15, 0.2) is 0 Å². The molecule has 1 aliphatic heterocycles. The van der Waals surface area contributed by atoms with Crippen LogP contribution in [0.1, 0.15) is 13.8 Å². The molecule has 0 saturated carbocycles. The van der Waals surface area contributed by atoms with E-state index in [4.69, 9.17) is 30.1 Å². The summed E-state index contributed by atoms with van der Waals surface area (Å²) in [5.41, 5.74) is -0.219. The molecule has 0 aromatic heterocycles. The Balaban J connectivity index is 2.58. The Labute approximate surface area is 87.1 Å². The Morgan fingerprint density at radius 1 is 1.43 bits per heavy atom. The SMILES string of the molecule is CC1(C)CO[PH](Cl)(OP(=O)(O)O)OC1. The molecule has 1 aliphatic rings. The molecule has 14 heavy (non-hydrogen) atoms. The number of hydrogen-bond donors (Lipinski definition) is 2. The van der Waals surface area contributed by atoms with Crippen LogP contribution in [0.15, 0.2) is 0 Å². The van der Waals surface area contributed by atoms with Crippen LogP contribution < -0.4 is 0 Å². The van der Waals surface area contributed by atoms with Gasteiger partial charge in [0.05, 0.1) is 0 Å². The van der Waals surface area contributed by atoms with Crippen molar-refractivity contribution in [2.75, 3.05) is 13.2 Å². The molecule has 0 aliphatic carbocycles. The molecule has 1 saturated heterocycles. The average Bonchev–Trinajstić information content (AvgIpc) is 1.93. The van der Waals surface area contributed by atoms with Crippen molar-refractivity contribution in [1.29, 1.82) is 0 Å². The van der Waals surface area contributed by atoms with Gasteiger partial charge < -0.3 is 0 Å². The Kier molecular flexibility index (Phi) is 3.63. The molecule has 86 valence electrons. The maximum atomic E-state index is 10.5. The molecule has 0 radical (unpaired) electrons. The number of hydrogen-bond acceptors (Lipinski definition) is 4. The van der Waals surface area contributed by atoms with E-state index in [9.17, 15) is 4.57 Å². The zero-order valence-electron chi connectivity index (χ0n) is 7.77. The molecule has 2 N–H and O–H groups in total. The van der Waals surface area contributed by atoms with Crippen LogP contribution in [-0.4, -0.2) is 23.0 Å². The standard InChI is InChI=1S/C5H13ClO6P2/c1-5(2)3-10-13(6,11-4-5)12-14(7,8)9/h13H,3-4H2,1-2H3,(H2,7,8,9). The first kappa shape index (κ1) is 12.8. The molecule has 0 atom stereocenters. The predicted molar refractivity (Wildman–Crippen MR) is 53.0 cm³/mol. The summed E-state index contributed by atoms with van der Waals surface area (Å²) in [5.74, 6) is 0. The van der Waals surface area contributed by atoms with E-state index in [-0.39, 0.29) is 18.6 Å². The fourth-order valence-corrected chi connectivity index (χ4v) is 4.75. The van der Waals surface area contributed by atoms with Crippen molar-refractivity contribution in [2.24, 2.45) is 5.41 Å². The zero-order valence-corrected chi connectivity index (χ0v) is 10.4. The molecule has 1 rings (SSSR count). The molecule has 0 aromatic carbocycles. The Bertz CT molecular complexity index is 253. The first-order valence-electron chi connectivity index (χ1n) is 3.85. The summed E-state index contributed by atoms with van der Waals surface area (Å²) in [5, 5.41) is 0. The van der Waals surface area contributed by atoms with Gasteiger partial charge in [0.2, 0.25) is 0 Å². The molecule has 0 aromatic rings. The van der Waals surface area contributed by atoms with Crippen LogP contribution in [-0.2, 0) is 17.9 Å². The maximum absolute atomic E-state index is 10.5. The van der Waals surface area contributed by atoms with E-state index in [2.05, 4.69) is 4.31 Å². The molecule has 0 unspecified atom stereocenters. The van der Waals surface area contributed by atoms with Crippen LogP contribution in [0.25, 0.3) is 0 Å². The molecular formula is C5H13ClO6P2. The van der Waals surface area contributed by atoms with Gasteiger partial charge in [-0.25, -0.2) is 0 Å². The fourth-order valence-electron chi connectivity index (χ4n) is 0.841. The van der Waals surface area contributed by atoms with Crippen molar-refractivity contribution in [3.05, 3.63) is 0 Å². The van der Waals surface area contributed by atoms with E-state index >= 15 is 0 Å². The number of phosphoric acid groups is 1. The monoisotopic (exact) mass is 266 g/mol. The van der Waals surface area contributed by atoms with Crippen molar-refractivity contribution in [3.8, 4) is 0 Å². The summed E-state index contributed by atoms with van der Waals surface area (Å²) in [4.78, 5) is 17.1. The van der Waals surface area contributed by atoms with Gasteiger partial charge in [-0.3, -0.25) is 0 Å². The summed E-state index contributed by atoms with van der Waals surface area (Å²) in [7, 11) is -8.31. The van der Waals surface area contributed by atoms with Gasteiger partial charge in [-0.15, -0.1) is 0 Å². The van der Waals surface area contributed by atoms with E-state index in [0.29, 0.717) is 0 Å². The Morgan fingerprint density at radius 3 is 2.21 bits per heavy atom. The molecule has 0 spiro atoms. The van der Waals surface area contributed by atoms with E-state index in [1.807, 2.05) is 13.8 Å². The van der Waals surface area contributed by atoms with Crippen LogP contribution in [0.3, 0.4) is 0 Å². The zero-order chi connectivity index (χ0) is 11.0. The second-order valence-electron chi connectivity index (χ2n) is 3.80. The van der Waals surface area contributed by atoms with Gasteiger partial charge in [-0.05, 0) is 0 Å². The Hall–Kier alpha value is 0.750. The normalized spacial score (nSPS) is 28.4. The van der Waals surface area contributed by atoms with E-state index < -0.39 is 15.1 Å².